The van der Waals surface area contributed by atoms with Gasteiger partial charge in [-0.25, -0.2) is 4.98 Å². The van der Waals surface area contributed by atoms with Crippen LogP contribution in [0.25, 0.3) is 32.6 Å². The average Bonchev–Trinajstić information content (AvgIpc) is 3.40. The summed E-state index contributed by atoms with van der Waals surface area (Å²) in [6.45, 7) is 1.82. The number of rotatable bonds is 4. The van der Waals surface area contributed by atoms with E-state index in [2.05, 4.69) is 58.5 Å². The van der Waals surface area contributed by atoms with Crippen molar-refractivity contribution in [1.29, 1.82) is 0 Å². The van der Waals surface area contributed by atoms with Gasteiger partial charge in [0.2, 0.25) is 0 Å². The molecule has 4 heteroatoms. The van der Waals surface area contributed by atoms with E-state index in [9.17, 15) is 4.79 Å². The molecule has 0 spiro atoms. The summed E-state index contributed by atoms with van der Waals surface area (Å²) in [4.78, 5) is 19.3. The van der Waals surface area contributed by atoms with Gasteiger partial charge in [0.25, 0.3) is 0 Å². The summed E-state index contributed by atoms with van der Waals surface area (Å²) in [7, 11) is 0. The van der Waals surface area contributed by atoms with Crippen LogP contribution >= 0.6 is 0 Å². The summed E-state index contributed by atoms with van der Waals surface area (Å²) < 4.78 is 5.95. The Morgan fingerprint density at radius 3 is 1.89 bits per heavy atom. The van der Waals surface area contributed by atoms with Crippen LogP contribution in [0.1, 0.15) is 30.6 Å². The zero-order valence-corrected chi connectivity index (χ0v) is 19.5. The number of H-pyrrole nitrogens is 1. The molecule has 1 aromatic heterocycles. The molecule has 0 aliphatic heterocycles. The number of aromatic nitrogens is 2. The molecule has 0 unspecified atom stereocenters. The number of nitrogens with one attached hydrogen (secondary N) is 1. The van der Waals surface area contributed by atoms with E-state index in [1.807, 2.05) is 67.6 Å². The van der Waals surface area contributed by atoms with Crippen molar-refractivity contribution in [2.75, 3.05) is 0 Å². The standard InChI is InChI=1S/C24H20O2.C7H6N2/c1-2-23(25)26-24(21-15-7-11-17-9-3-5-13-19(17)21)22-16-8-12-18-10-4-6-14-20(18)22;1-2-4-7-6(3-1)8-5-9-7/h3-16,24H,2H2,1H3;1-5H,(H,8,9). The van der Waals surface area contributed by atoms with Gasteiger partial charge in [-0.2, -0.15) is 0 Å². The van der Waals surface area contributed by atoms with E-state index < -0.39 is 6.10 Å². The smallest absolute Gasteiger partial charge is 0.306 e. The molecule has 35 heavy (non-hydrogen) atoms. The number of carbonyl (C=O) groups excluding carboxylic acids is 1. The number of fused-ring (bicyclic) bond motifs is 3. The summed E-state index contributed by atoms with van der Waals surface area (Å²) in [6, 6.07) is 36.7. The van der Waals surface area contributed by atoms with Crippen LogP contribution in [-0.2, 0) is 9.53 Å². The topological polar surface area (TPSA) is 55.0 Å². The Kier molecular flexibility index (Phi) is 6.53. The number of benzene rings is 5. The van der Waals surface area contributed by atoms with E-state index in [-0.39, 0.29) is 5.97 Å². The molecule has 4 nitrogen and oxygen atoms in total. The highest BCUT2D eigenvalue weighted by atomic mass is 16.5. The second kappa shape index (κ2) is 10.2. The second-order valence-corrected chi connectivity index (χ2v) is 8.28. The van der Waals surface area contributed by atoms with Gasteiger partial charge in [-0.3, -0.25) is 4.79 Å². The first-order chi connectivity index (χ1) is 17.2. The molecule has 0 aliphatic carbocycles. The van der Waals surface area contributed by atoms with Crippen LogP contribution in [0.5, 0.6) is 0 Å². The van der Waals surface area contributed by atoms with Crippen molar-refractivity contribution in [3.05, 3.63) is 127 Å². The summed E-state index contributed by atoms with van der Waals surface area (Å²) >= 11 is 0. The Morgan fingerprint density at radius 2 is 1.29 bits per heavy atom. The highest BCUT2D eigenvalue weighted by molar-refractivity contribution is 5.90. The molecule has 0 bridgehead atoms. The fourth-order valence-corrected chi connectivity index (χ4v) is 4.35. The summed E-state index contributed by atoms with van der Waals surface area (Å²) in [6.07, 6.45) is 1.62. The van der Waals surface area contributed by atoms with E-state index in [0.717, 1.165) is 43.7 Å². The molecule has 6 rings (SSSR count). The van der Waals surface area contributed by atoms with Crippen LogP contribution in [0.15, 0.2) is 116 Å². The molecule has 0 saturated carbocycles. The van der Waals surface area contributed by atoms with Crippen molar-refractivity contribution < 1.29 is 9.53 Å². The van der Waals surface area contributed by atoms with E-state index in [1.165, 1.54) is 0 Å². The van der Waals surface area contributed by atoms with Crippen molar-refractivity contribution in [2.24, 2.45) is 0 Å². The van der Waals surface area contributed by atoms with E-state index in [4.69, 9.17) is 4.74 Å². The minimum absolute atomic E-state index is 0.198. The zero-order valence-electron chi connectivity index (χ0n) is 19.5. The van der Waals surface area contributed by atoms with Gasteiger partial charge in [0.15, 0.2) is 6.10 Å². The second-order valence-electron chi connectivity index (χ2n) is 8.28. The highest BCUT2D eigenvalue weighted by Gasteiger charge is 2.22. The minimum atomic E-state index is -0.431. The highest BCUT2D eigenvalue weighted by Crippen LogP contribution is 2.35. The largest absolute Gasteiger partial charge is 0.452 e. The number of hydrogen-bond acceptors (Lipinski definition) is 3. The molecule has 0 saturated heterocycles. The predicted octanol–water partition coefficient (Wildman–Crippen LogP) is 7.60. The van der Waals surface area contributed by atoms with Crippen molar-refractivity contribution in [2.45, 2.75) is 19.4 Å². The van der Waals surface area contributed by atoms with Gasteiger partial charge in [-0.05, 0) is 33.7 Å². The lowest BCUT2D eigenvalue weighted by molar-refractivity contribution is -0.147. The van der Waals surface area contributed by atoms with Crippen LogP contribution < -0.4 is 0 Å². The maximum absolute atomic E-state index is 12.2. The number of ether oxygens (including phenoxy) is 1. The van der Waals surface area contributed by atoms with E-state index in [0.29, 0.717) is 6.42 Å². The molecule has 1 N–H and O–H groups in total. The molecule has 0 amide bonds. The number of carbonyl (C=O) groups is 1. The average molecular weight is 459 g/mol. The SMILES string of the molecule is CCC(=O)OC(c1cccc2ccccc12)c1cccc2ccccc12.c1ccc2[nH]cnc2c1. The monoisotopic (exact) mass is 458 g/mol. The summed E-state index contributed by atoms with van der Waals surface area (Å²) in [5, 5.41) is 4.50. The molecular formula is C31H26N2O2. The normalized spacial score (nSPS) is 10.9. The Bertz CT molecular complexity index is 1480. The number of nitrogens with zero attached hydrogens (tertiary/aromatic N) is 1. The van der Waals surface area contributed by atoms with Crippen LogP contribution in [-0.4, -0.2) is 15.9 Å². The predicted molar refractivity (Wildman–Crippen MR) is 142 cm³/mol. The van der Waals surface area contributed by atoms with Gasteiger partial charge in [0.1, 0.15) is 0 Å². The van der Waals surface area contributed by atoms with Gasteiger partial charge in [-0.1, -0.05) is 104 Å². The van der Waals surface area contributed by atoms with Crippen molar-refractivity contribution >= 4 is 38.5 Å². The zero-order chi connectivity index (χ0) is 24.0. The molecule has 5 aromatic carbocycles. The Hall–Kier alpha value is -4.44. The maximum atomic E-state index is 12.2. The Balaban J connectivity index is 0.000000234. The lowest BCUT2D eigenvalue weighted by atomic mass is 9.92. The maximum Gasteiger partial charge on any atom is 0.306 e. The third kappa shape index (κ3) is 4.78. The number of hydrogen-bond donors (Lipinski definition) is 1. The summed E-state index contributed by atoms with van der Waals surface area (Å²) in [5.41, 5.74) is 4.15. The molecule has 6 aromatic rings. The minimum Gasteiger partial charge on any atom is -0.452 e. The first-order valence-corrected chi connectivity index (χ1v) is 11.8. The number of para-hydroxylation sites is 2. The third-order valence-electron chi connectivity index (χ3n) is 6.08. The fourth-order valence-electron chi connectivity index (χ4n) is 4.35. The molecule has 0 atom stereocenters. The van der Waals surface area contributed by atoms with Gasteiger partial charge in [0.05, 0.1) is 17.4 Å². The molecule has 0 fully saturated rings. The number of esters is 1. The van der Waals surface area contributed by atoms with Gasteiger partial charge in [0, 0.05) is 17.5 Å². The lowest BCUT2D eigenvalue weighted by Crippen LogP contribution is -2.12. The molecule has 172 valence electrons. The molecule has 0 radical (unpaired) electrons. The van der Waals surface area contributed by atoms with Crippen molar-refractivity contribution in [3.8, 4) is 0 Å². The van der Waals surface area contributed by atoms with Gasteiger partial charge < -0.3 is 9.72 Å². The molecular weight excluding hydrogens is 432 g/mol. The van der Waals surface area contributed by atoms with Crippen LogP contribution in [0.2, 0.25) is 0 Å². The van der Waals surface area contributed by atoms with Crippen molar-refractivity contribution in [3.63, 3.8) is 0 Å². The van der Waals surface area contributed by atoms with Gasteiger partial charge >= 0.3 is 5.97 Å². The van der Waals surface area contributed by atoms with E-state index in [1.54, 1.807) is 6.33 Å². The van der Waals surface area contributed by atoms with E-state index >= 15 is 0 Å². The Labute approximate surface area is 204 Å². The first-order valence-electron chi connectivity index (χ1n) is 11.8. The number of aromatic amines is 1. The van der Waals surface area contributed by atoms with Crippen LogP contribution in [0.4, 0.5) is 0 Å². The fraction of sp³-hybridized carbons (Fsp3) is 0.0968. The first kappa shape index (κ1) is 22.4. The third-order valence-corrected chi connectivity index (χ3v) is 6.08. The van der Waals surface area contributed by atoms with Gasteiger partial charge in [-0.15, -0.1) is 0 Å². The van der Waals surface area contributed by atoms with Crippen molar-refractivity contribution in [1.82, 2.24) is 9.97 Å². The van der Waals surface area contributed by atoms with Crippen LogP contribution in [0.3, 0.4) is 0 Å². The number of imidazole rings is 1. The molecule has 1 heterocycles. The quantitative estimate of drug-likeness (QED) is 0.277. The lowest BCUT2D eigenvalue weighted by Gasteiger charge is -2.22. The van der Waals surface area contributed by atoms with Crippen LogP contribution in [0, 0.1) is 0 Å². The molecule has 0 aliphatic rings. The summed E-state index contributed by atoms with van der Waals surface area (Å²) in [5.74, 6) is -0.198. The Morgan fingerprint density at radius 1 is 0.743 bits per heavy atom.